The van der Waals surface area contributed by atoms with Crippen molar-refractivity contribution in [2.75, 3.05) is 13.1 Å². The van der Waals surface area contributed by atoms with Crippen molar-refractivity contribution in [2.24, 2.45) is 0 Å². The average molecular weight is 275 g/mol. The van der Waals surface area contributed by atoms with Crippen LogP contribution in [-0.4, -0.2) is 23.9 Å². The molecule has 0 spiro atoms. The molecule has 112 valence electrons. The van der Waals surface area contributed by atoms with Crippen molar-refractivity contribution in [1.29, 1.82) is 0 Å². The third-order valence-corrected chi connectivity index (χ3v) is 3.78. The smallest absolute Gasteiger partial charge is 0.230 e. The SMILES string of the molecule is CCCCN(CCCC)C(=O)C(CC)c1ccccc1. The minimum atomic E-state index is 0.0184. The molecule has 1 aromatic carbocycles. The maximum atomic E-state index is 12.8. The van der Waals surface area contributed by atoms with Crippen LogP contribution in [0.5, 0.6) is 0 Å². The first-order valence-corrected chi connectivity index (χ1v) is 8.08. The number of carbonyl (C=O) groups excluding carboxylic acids is 1. The normalized spacial score (nSPS) is 12.2. The summed E-state index contributed by atoms with van der Waals surface area (Å²) in [5.74, 6) is 0.325. The molecular formula is C18H29NO. The predicted molar refractivity (Wildman–Crippen MR) is 85.9 cm³/mol. The van der Waals surface area contributed by atoms with Crippen molar-refractivity contribution in [1.82, 2.24) is 4.90 Å². The number of hydrogen-bond acceptors (Lipinski definition) is 1. The van der Waals surface area contributed by atoms with Gasteiger partial charge in [-0.1, -0.05) is 63.9 Å². The summed E-state index contributed by atoms with van der Waals surface area (Å²) in [6.45, 7) is 8.26. The molecule has 0 radical (unpaired) electrons. The Kier molecular flexibility index (Phi) is 8.01. The van der Waals surface area contributed by atoms with Gasteiger partial charge in [0.25, 0.3) is 0 Å². The fourth-order valence-corrected chi connectivity index (χ4v) is 2.49. The van der Waals surface area contributed by atoms with Crippen molar-refractivity contribution in [2.45, 2.75) is 58.8 Å². The quantitative estimate of drug-likeness (QED) is 0.644. The van der Waals surface area contributed by atoms with E-state index in [1.54, 1.807) is 0 Å². The molecule has 0 aromatic heterocycles. The maximum absolute atomic E-state index is 12.8. The molecule has 0 aliphatic heterocycles. The van der Waals surface area contributed by atoms with Crippen LogP contribution in [0, 0.1) is 0 Å². The molecule has 0 fully saturated rings. The number of amides is 1. The van der Waals surface area contributed by atoms with Gasteiger partial charge in [-0.15, -0.1) is 0 Å². The summed E-state index contributed by atoms with van der Waals surface area (Å²) in [6, 6.07) is 10.2. The lowest BCUT2D eigenvalue weighted by Gasteiger charge is -2.27. The molecule has 0 aliphatic rings. The van der Waals surface area contributed by atoms with Crippen LogP contribution in [0.4, 0.5) is 0 Å². The van der Waals surface area contributed by atoms with E-state index in [1.165, 1.54) is 0 Å². The lowest BCUT2D eigenvalue weighted by Crippen LogP contribution is -2.36. The second-order valence-corrected chi connectivity index (χ2v) is 5.40. The van der Waals surface area contributed by atoms with E-state index in [4.69, 9.17) is 0 Å². The Labute approximate surface area is 124 Å². The fraction of sp³-hybridized carbons (Fsp3) is 0.611. The maximum Gasteiger partial charge on any atom is 0.230 e. The van der Waals surface area contributed by atoms with E-state index in [9.17, 15) is 4.79 Å². The Balaban J connectivity index is 2.78. The molecule has 1 atom stereocenters. The second kappa shape index (κ2) is 9.57. The number of carbonyl (C=O) groups is 1. The molecule has 0 aliphatic carbocycles. The number of rotatable bonds is 9. The molecule has 0 saturated heterocycles. The lowest BCUT2D eigenvalue weighted by molar-refractivity contribution is -0.133. The number of benzene rings is 1. The van der Waals surface area contributed by atoms with E-state index < -0.39 is 0 Å². The number of nitrogens with zero attached hydrogens (tertiary/aromatic N) is 1. The molecule has 1 amide bonds. The van der Waals surface area contributed by atoms with E-state index in [2.05, 4.69) is 37.8 Å². The van der Waals surface area contributed by atoms with Gasteiger partial charge in [-0.05, 0) is 24.8 Å². The first-order chi connectivity index (χ1) is 9.74. The van der Waals surface area contributed by atoms with Gasteiger partial charge in [0.15, 0.2) is 0 Å². The molecule has 20 heavy (non-hydrogen) atoms. The van der Waals surface area contributed by atoms with E-state index in [-0.39, 0.29) is 5.92 Å². The highest BCUT2D eigenvalue weighted by atomic mass is 16.2. The van der Waals surface area contributed by atoms with Crippen LogP contribution in [0.2, 0.25) is 0 Å². The summed E-state index contributed by atoms with van der Waals surface area (Å²) in [4.78, 5) is 14.9. The van der Waals surface area contributed by atoms with Gasteiger partial charge in [0, 0.05) is 13.1 Å². The third-order valence-electron chi connectivity index (χ3n) is 3.78. The minimum Gasteiger partial charge on any atom is -0.342 e. The molecule has 1 aromatic rings. The monoisotopic (exact) mass is 275 g/mol. The highest BCUT2D eigenvalue weighted by molar-refractivity contribution is 5.83. The Bertz CT molecular complexity index is 366. The van der Waals surface area contributed by atoms with Gasteiger partial charge in [0.2, 0.25) is 5.91 Å². The van der Waals surface area contributed by atoms with Crippen LogP contribution >= 0.6 is 0 Å². The Morgan fingerprint density at radius 1 is 1.00 bits per heavy atom. The van der Waals surface area contributed by atoms with Gasteiger partial charge in [-0.2, -0.15) is 0 Å². The molecule has 0 bridgehead atoms. The molecule has 0 saturated carbocycles. The Hall–Kier alpha value is -1.31. The molecule has 2 nitrogen and oxygen atoms in total. The van der Waals surface area contributed by atoms with E-state index in [0.29, 0.717) is 5.91 Å². The second-order valence-electron chi connectivity index (χ2n) is 5.40. The molecule has 1 unspecified atom stereocenters. The average Bonchev–Trinajstić information content (AvgIpc) is 2.49. The molecular weight excluding hydrogens is 246 g/mol. The lowest BCUT2D eigenvalue weighted by atomic mass is 9.95. The van der Waals surface area contributed by atoms with Crippen molar-refractivity contribution >= 4 is 5.91 Å². The van der Waals surface area contributed by atoms with Gasteiger partial charge in [0.1, 0.15) is 0 Å². The van der Waals surface area contributed by atoms with E-state index >= 15 is 0 Å². The molecule has 0 heterocycles. The first-order valence-electron chi connectivity index (χ1n) is 8.08. The minimum absolute atomic E-state index is 0.0184. The van der Waals surface area contributed by atoms with Gasteiger partial charge < -0.3 is 4.90 Å². The first kappa shape index (κ1) is 16.7. The van der Waals surface area contributed by atoms with Gasteiger partial charge in [-0.25, -0.2) is 0 Å². The summed E-state index contributed by atoms with van der Waals surface area (Å²) < 4.78 is 0. The third kappa shape index (κ3) is 4.99. The van der Waals surface area contributed by atoms with Gasteiger partial charge >= 0.3 is 0 Å². The Morgan fingerprint density at radius 2 is 1.55 bits per heavy atom. The standard InChI is InChI=1S/C18H29NO/c1-4-7-14-19(15-8-5-2)18(20)17(6-3)16-12-10-9-11-13-16/h9-13,17H,4-8,14-15H2,1-3H3. The molecule has 0 N–H and O–H groups in total. The zero-order valence-corrected chi connectivity index (χ0v) is 13.3. The summed E-state index contributed by atoms with van der Waals surface area (Å²) in [5, 5.41) is 0. The number of unbranched alkanes of at least 4 members (excludes halogenated alkanes) is 2. The Morgan fingerprint density at radius 3 is 2.00 bits per heavy atom. The van der Waals surface area contributed by atoms with E-state index in [0.717, 1.165) is 50.8 Å². The fourth-order valence-electron chi connectivity index (χ4n) is 2.49. The molecule has 2 heteroatoms. The van der Waals surface area contributed by atoms with Crippen LogP contribution in [0.1, 0.15) is 64.4 Å². The van der Waals surface area contributed by atoms with Gasteiger partial charge in [-0.3, -0.25) is 4.79 Å². The van der Waals surface area contributed by atoms with Crippen molar-refractivity contribution in [3.05, 3.63) is 35.9 Å². The highest BCUT2D eigenvalue weighted by Crippen LogP contribution is 2.22. The van der Waals surface area contributed by atoms with Crippen molar-refractivity contribution in [3.8, 4) is 0 Å². The summed E-state index contributed by atoms with van der Waals surface area (Å²) in [6.07, 6.45) is 5.34. The van der Waals surface area contributed by atoms with Crippen molar-refractivity contribution in [3.63, 3.8) is 0 Å². The number of hydrogen-bond donors (Lipinski definition) is 0. The summed E-state index contributed by atoms with van der Waals surface area (Å²) in [7, 11) is 0. The topological polar surface area (TPSA) is 20.3 Å². The van der Waals surface area contributed by atoms with E-state index in [1.807, 2.05) is 18.2 Å². The molecule has 1 rings (SSSR count). The highest BCUT2D eigenvalue weighted by Gasteiger charge is 2.23. The van der Waals surface area contributed by atoms with Crippen LogP contribution in [0.25, 0.3) is 0 Å². The zero-order chi connectivity index (χ0) is 14.8. The van der Waals surface area contributed by atoms with Crippen LogP contribution in [-0.2, 0) is 4.79 Å². The van der Waals surface area contributed by atoms with Crippen LogP contribution in [0.3, 0.4) is 0 Å². The van der Waals surface area contributed by atoms with Crippen LogP contribution < -0.4 is 0 Å². The zero-order valence-electron chi connectivity index (χ0n) is 13.3. The largest absolute Gasteiger partial charge is 0.342 e. The predicted octanol–water partition coefficient (Wildman–Crippen LogP) is 4.61. The van der Waals surface area contributed by atoms with Crippen LogP contribution in [0.15, 0.2) is 30.3 Å². The van der Waals surface area contributed by atoms with Crippen molar-refractivity contribution < 1.29 is 4.79 Å². The summed E-state index contributed by atoms with van der Waals surface area (Å²) in [5.41, 5.74) is 1.15. The van der Waals surface area contributed by atoms with Gasteiger partial charge in [0.05, 0.1) is 5.92 Å². The summed E-state index contributed by atoms with van der Waals surface area (Å²) >= 11 is 0.